The molecule has 0 atom stereocenters. The molecular formula is C31H44N2O8P2. The highest BCUT2D eigenvalue weighted by Gasteiger charge is 2.07. The predicted octanol–water partition coefficient (Wildman–Crippen LogP) is 7.63. The molecule has 2 aromatic carbocycles. The minimum absolute atomic E-state index is 0.0408. The van der Waals surface area contributed by atoms with Gasteiger partial charge in [0.2, 0.25) is 11.8 Å². The molecule has 0 aliphatic carbocycles. The number of carbonyl (C=O) groups excluding carboxylic acids is 2. The zero-order valence-electron chi connectivity index (χ0n) is 24.4. The minimum Gasteiger partial charge on any atom is -0.326 e. The molecule has 0 saturated heterocycles. The van der Waals surface area contributed by atoms with E-state index in [0.717, 1.165) is 63.0 Å². The van der Waals surface area contributed by atoms with Crippen LogP contribution in [0.5, 0.6) is 0 Å². The SMILES string of the molecule is O=C(CCCCCCCCCCCCCC(=O)Nc1ccc(C=CP(=O)(O)O)cc1)Nc1ccc(C=CP(=O)(O)O)cc1. The third-order valence-corrected chi connectivity index (χ3v) is 7.69. The fraction of sp³-hybridized carbons (Fsp3) is 0.419. The molecule has 0 spiro atoms. The Morgan fingerprint density at radius 3 is 1.07 bits per heavy atom. The highest BCUT2D eigenvalue weighted by molar-refractivity contribution is 7.55. The Kier molecular flexibility index (Phi) is 16.4. The number of hydrogen-bond acceptors (Lipinski definition) is 4. The quantitative estimate of drug-likeness (QED) is 0.0637. The largest absolute Gasteiger partial charge is 0.349 e. The van der Waals surface area contributed by atoms with Gasteiger partial charge in [-0.05, 0) is 60.4 Å². The number of anilines is 2. The summed E-state index contributed by atoms with van der Waals surface area (Å²) < 4.78 is 21.8. The normalized spacial score (nSPS) is 12.2. The Morgan fingerprint density at radius 2 is 0.791 bits per heavy atom. The van der Waals surface area contributed by atoms with Gasteiger partial charge in [0.25, 0.3) is 0 Å². The van der Waals surface area contributed by atoms with Crippen LogP contribution in [0.15, 0.2) is 60.2 Å². The molecule has 0 saturated carbocycles. The fourth-order valence-corrected chi connectivity index (χ4v) is 5.06. The zero-order valence-corrected chi connectivity index (χ0v) is 26.2. The number of hydrogen-bond donors (Lipinski definition) is 6. The second kappa shape index (κ2) is 19.4. The highest BCUT2D eigenvalue weighted by Crippen LogP contribution is 2.37. The van der Waals surface area contributed by atoms with Crippen LogP contribution in [0.3, 0.4) is 0 Å². The van der Waals surface area contributed by atoms with Crippen LogP contribution >= 0.6 is 15.2 Å². The van der Waals surface area contributed by atoms with E-state index >= 15 is 0 Å². The van der Waals surface area contributed by atoms with Gasteiger partial charge in [0, 0.05) is 35.9 Å². The second-order valence-corrected chi connectivity index (χ2v) is 13.5. The van der Waals surface area contributed by atoms with E-state index < -0.39 is 15.2 Å². The van der Waals surface area contributed by atoms with E-state index in [1.54, 1.807) is 48.5 Å². The van der Waals surface area contributed by atoms with E-state index in [1.807, 2.05) is 0 Å². The molecule has 0 bridgehead atoms. The van der Waals surface area contributed by atoms with Crippen molar-refractivity contribution in [3.05, 3.63) is 71.3 Å². The van der Waals surface area contributed by atoms with E-state index in [9.17, 15) is 18.7 Å². The first kappa shape index (κ1) is 36.4. The van der Waals surface area contributed by atoms with Gasteiger partial charge in [-0.3, -0.25) is 18.7 Å². The first-order valence-electron chi connectivity index (χ1n) is 14.7. The van der Waals surface area contributed by atoms with Gasteiger partial charge in [0.15, 0.2) is 0 Å². The van der Waals surface area contributed by atoms with Crippen molar-refractivity contribution < 1.29 is 38.3 Å². The summed E-state index contributed by atoms with van der Waals surface area (Å²) in [5.41, 5.74) is 2.59. The average Bonchev–Trinajstić information content (AvgIpc) is 2.94. The van der Waals surface area contributed by atoms with Gasteiger partial charge >= 0.3 is 15.2 Å². The third kappa shape index (κ3) is 19.1. The molecule has 43 heavy (non-hydrogen) atoms. The van der Waals surface area contributed by atoms with E-state index in [4.69, 9.17) is 19.6 Å². The molecule has 12 heteroatoms. The summed E-state index contributed by atoms with van der Waals surface area (Å²) in [6.07, 6.45) is 15.4. The zero-order chi connectivity index (χ0) is 31.6. The average molecular weight is 635 g/mol. The van der Waals surface area contributed by atoms with Gasteiger partial charge in [-0.25, -0.2) is 0 Å². The fourth-order valence-electron chi connectivity index (χ4n) is 4.33. The Morgan fingerprint density at radius 1 is 0.512 bits per heavy atom. The lowest BCUT2D eigenvalue weighted by atomic mass is 10.0. The van der Waals surface area contributed by atoms with Gasteiger partial charge in [-0.1, -0.05) is 82.1 Å². The van der Waals surface area contributed by atoms with Crippen LogP contribution in [0.1, 0.15) is 94.6 Å². The molecule has 0 aliphatic rings. The molecule has 10 nitrogen and oxygen atoms in total. The van der Waals surface area contributed by atoms with Crippen molar-refractivity contribution in [1.82, 2.24) is 0 Å². The lowest BCUT2D eigenvalue weighted by Crippen LogP contribution is -2.10. The van der Waals surface area contributed by atoms with Gasteiger partial charge in [-0.2, -0.15) is 0 Å². The summed E-state index contributed by atoms with van der Waals surface area (Å²) in [6.45, 7) is 0. The van der Waals surface area contributed by atoms with Gasteiger partial charge in [-0.15, -0.1) is 0 Å². The molecule has 6 N–H and O–H groups in total. The lowest BCUT2D eigenvalue weighted by Gasteiger charge is -2.06. The Balaban J connectivity index is 1.41. The smallest absolute Gasteiger partial charge is 0.326 e. The van der Waals surface area contributed by atoms with Crippen molar-refractivity contribution in [1.29, 1.82) is 0 Å². The van der Waals surface area contributed by atoms with E-state index in [1.165, 1.54) is 31.4 Å². The van der Waals surface area contributed by atoms with Crippen molar-refractivity contribution in [3.8, 4) is 0 Å². The van der Waals surface area contributed by atoms with Crippen LogP contribution in [0, 0.1) is 0 Å². The van der Waals surface area contributed by atoms with Gasteiger partial charge in [0.1, 0.15) is 0 Å². The Labute approximate surface area is 254 Å². The monoisotopic (exact) mass is 634 g/mol. The standard InChI is InChI=1S/C31H44N2O8P2/c34-30(32-28-18-14-26(15-19-28)22-24-42(36,37)38)12-10-8-6-4-2-1-3-5-7-9-11-13-31(35)33-29-20-16-27(17-21-29)23-25-43(39,40)41/h14-25H,1-13H2,(H,32,34)(H,33,35)(H2,36,37,38)(H2,39,40,41). The van der Waals surface area contributed by atoms with Crippen LogP contribution in [-0.2, 0) is 18.7 Å². The maximum Gasteiger partial charge on any atom is 0.349 e. The summed E-state index contributed by atoms with van der Waals surface area (Å²) in [5.74, 6) is 1.62. The minimum atomic E-state index is -4.19. The van der Waals surface area contributed by atoms with Crippen molar-refractivity contribution in [2.75, 3.05) is 10.6 Å². The maximum absolute atomic E-state index is 12.1. The van der Waals surface area contributed by atoms with Gasteiger partial charge < -0.3 is 30.2 Å². The lowest BCUT2D eigenvalue weighted by molar-refractivity contribution is -0.117. The summed E-state index contributed by atoms with van der Waals surface area (Å²) in [7, 11) is -8.38. The molecular weight excluding hydrogens is 590 g/mol. The molecule has 2 rings (SSSR count). The second-order valence-electron chi connectivity index (χ2n) is 10.5. The van der Waals surface area contributed by atoms with Crippen LogP contribution in [0.25, 0.3) is 12.2 Å². The molecule has 0 radical (unpaired) electrons. The Hall–Kier alpha value is -2.84. The first-order valence-corrected chi connectivity index (χ1v) is 18.0. The molecule has 2 aromatic rings. The maximum atomic E-state index is 12.1. The number of nitrogens with one attached hydrogen (secondary N) is 2. The molecule has 0 fully saturated rings. The number of amides is 2. The molecule has 0 heterocycles. The predicted molar refractivity (Wildman–Crippen MR) is 172 cm³/mol. The molecule has 0 unspecified atom stereocenters. The molecule has 0 aliphatic heterocycles. The first-order chi connectivity index (χ1) is 20.4. The van der Waals surface area contributed by atoms with Crippen LogP contribution < -0.4 is 10.6 Å². The molecule has 0 aromatic heterocycles. The number of carbonyl (C=O) groups is 2. The topological polar surface area (TPSA) is 173 Å². The third-order valence-electron chi connectivity index (χ3n) is 6.62. The number of rotatable bonds is 20. The van der Waals surface area contributed by atoms with Crippen LogP contribution in [0.4, 0.5) is 11.4 Å². The number of unbranched alkanes of at least 4 members (excludes halogenated alkanes) is 10. The van der Waals surface area contributed by atoms with E-state index in [2.05, 4.69) is 10.6 Å². The number of benzene rings is 2. The van der Waals surface area contributed by atoms with Crippen molar-refractivity contribution in [2.45, 2.75) is 83.5 Å². The summed E-state index contributed by atoms with van der Waals surface area (Å²) in [6, 6.07) is 13.6. The summed E-state index contributed by atoms with van der Waals surface area (Å²) >= 11 is 0. The van der Waals surface area contributed by atoms with E-state index in [0.29, 0.717) is 35.3 Å². The summed E-state index contributed by atoms with van der Waals surface area (Å²) in [5, 5.41) is 5.69. The molecule has 2 amide bonds. The van der Waals surface area contributed by atoms with Crippen LogP contribution in [-0.4, -0.2) is 31.4 Å². The van der Waals surface area contributed by atoms with Crippen molar-refractivity contribution in [2.24, 2.45) is 0 Å². The van der Waals surface area contributed by atoms with E-state index in [-0.39, 0.29) is 11.8 Å². The van der Waals surface area contributed by atoms with Gasteiger partial charge in [0.05, 0.1) is 0 Å². The van der Waals surface area contributed by atoms with Crippen molar-refractivity contribution >= 4 is 50.5 Å². The highest BCUT2D eigenvalue weighted by atomic mass is 31.2. The van der Waals surface area contributed by atoms with Crippen LogP contribution in [0.2, 0.25) is 0 Å². The molecule has 236 valence electrons. The van der Waals surface area contributed by atoms with Crippen molar-refractivity contribution in [3.63, 3.8) is 0 Å². The Bertz CT molecular complexity index is 1180. The summed E-state index contributed by atoms with van der Waals surface area (Å²) in [4.78, 5) is 59.8.